The lowest BCUT2D eigenvalue weighted by Crippen LogP contribution is -2.11. The summed E-state index contributed by atoms with van der Waals surface area (Å²) < 4.78 is 104. The van der Waals surface area contributed by atoms with Crippen molar-refractivity contribution < 1.29 is 33.5 Å². The van der Waals surface area contributed by atoms with Crippen molar-refractivity contribution in [1.82, 2.24) is 4.98 Å². The topological polar surface area (TPSA) is 26.0 Å². The molecule has 0 atom stereocenters. The molecule has 8 heteroatoms. The molecule has 3 aromatic carbocycles. The Morgan fingerprint density at radius 3 is 2.08 bits per heavy atom. The third kappa shape index (κ3) is 5.12. The number of alkyl halides is 6. The molecule has 2 aromatic heterocycles. The molecule has 0 radical (unpaired) electrons. The summed E-state index contributed by atoms with van der Waals surface area (Å²) in [6.45, 7) is 5.40. The van der Waals surface area contributed by atoms with Gasteiger partial charge >= 0.3 is 12.4 Å². The fourth-order valence-electron chi connectivity index (χ4n) is 4.39. The van der Waals surface area contributed by atoms with E-state index < -0.39 is 35.3 Å². The summed E-state index contributed by atoms with van der Waals surface area (Å²) in [5.41, 5.74) is -1.46. The van der Waals surface area contributed by atoms with Crippen LogP contribution in [0.5, 0.6) is 0 Å². The number of aromatic nitrogens is 1. The van der Waals surface area contributed by atoms with Gasteiger partial charge in [-0.25, -0.2) is 0 Å². The maximum absolute atomic E-state index is 13.4. The van der Waals surface area contributed by atoms with Gasteiger partial charge in [-0.2, -0.15) is 26.3 Å². The first-order valence-corrected chi connectivity index (χ1v) is 11.7. The molecule has 0 saturated carbocycles. The minimum atomic E-state index is -4.96. The van der Waals surface area contributed by atoms with E-state index in [2.05, 4.69) is 4.98 Å². The molecule has 0 N–H and O–H groups in total. The molecule has 196 valence electrons. The Labute approximate surface area is 217 Å². The van der Waals surface area contributed by atoms with Crippen molar-refractivity contribution in [2.75, 3.05) is 0 Å². The van der Waals surface area contributed by atoms with Crippen molar-refractivity contribution in [1.29, 1.82) is 0 Å². The highest BCUT2D eigenvalue weighted by molar-refractivity contribution is 6.10. The maximum atomic E-state index is 13.4. The molecule has 0 bridgehead atoms. The Hall–Kier alpha value is -3.81. The summed E-state index contributed by atoms with van der Waals surface area (Å²) in [6, 6.07) is 14.5. The highest BCUT2D eigenvalue weighted by atomic mass is 19.4. The zero-order chi connectivity index (χ0) is 29.3. The Balaban J connectivity index is 1.66. The van der Waals surface area contributed by atoms with E-state index in [4.69, 9.17) is 7.16 Å². The highest BCUT2D eigenvalue weighted by Crippen LogP contribution is 2.41. The number of benzene rings is 3. The van der Waals surface area contributed by atoms with Gasteiger partial charge in [0.05, 0.1) is 16.8 Å². The molecule has 5 aromatic rings. The highest BCUT2D eigenvalue weighted by Gasteiger charge is 2.37. The lowest BCUT2D eigenvalue weighted by Gasteiger charge is -2.18. The molecule has 2 heterocycles. The molecule has 0 spiro atoms. The van der Waals surface area contributed by atoms with Crippen molar-refractivity contribution in [2.24, 2.45) is 5.41 Å². The molecule has 0 aliphatic rings. The van der Waals surface area contributed by atoms with Crippen molar-refractivity contribution in [2.45, 2.75) is 39.5 Å². The first-order chi connectivity index (χ1) is 18.5. The summed E-state index contributed by atoms with van der Waals surface area (Å²) in [5.74, 6) is 0. The molecule has 0 saturated heterocycles. The van der Waals surface area contributed by atoms with E-state index in [1.165, 1.54) is 18.3 Å². The van der Waals surface area contributed by atoms with Crippen molar-refractivity contribution in [3.05, 3.63) is 89.6 Å². The first kappa shape index (κ1) is 23.3. The monoisotopic (exact) mass is 529 g/mol. The molecule has 0 amide bonds. The predicted octanol–water partition coefficient (Wildman–Crippen LogP) is 9.94. The van der Waals surface area contributed by atoms with Gasteiger partial charge in [-0.3, -0.25) is 4.98 Å². The number of halogens is 6. The van der Waals surface area contributed by atoms with Crippen molar-refractivity contribution in [3.8, 4) is 22.4 Å². The molecular weight excluding hydrogens is 504 g/mol. The second kappa shape index (κ2) is 8.89. The molecular formula is C30H23F6NO. The average Bonchev–Trinajstić information content (AvgIpc) is 3.25. The Bertz CT molecular complexity index is 1710. The molecule has 38 heavy (non-hydrogen) atoms. The normalized spacial score (nSPS) is 14.1. The summed E-state index contributed by atoms with van der Waals surface area (Å²) in [4.78, 5) is 4.42. The van der Waals surface area contributed by atoms with E-state index in [0.29, 0.717) is 45.3 Å². The van der Waals surface area contributed by atoms with Gasteiger partial charge in [0.25, 0.3) is 0 Å². The fourth-order valence-corrected chi connectivity index (χ4v) is 4.39. The number of pyridine rings is 1. The van der Waals surface area contributed by atoms with Crippen LogP contribution >= 0.6 is 0 Å². The van der Waals surface area contributed by atoms with Gasteiger partial charge in [0.1, 0.15) is 11.2 Å². The summed E-state index contributed by atoms with van der Waals surface area (Å²) >= 11 is 0. The van der Waals surface area contributed by atoms with E-state index in [1.807, 2.05) is 0 Å². The largest absolute Gasteiger partial charge is 0.455 e. The van der Waals surface area contributed by atoms with E-state index in [-0.39, 0.29) is 22.8 Å². The van der Waals surface area contributed by atoms with Crippen LogP contribution in [0.3, 0.4) is 0 Å². The number of hydrogen-bond acceptors (Lipinski definition) is 2. The number of furan rings is 1. The molecule has 0 fully saturated rings. The molecule has 5 rings (SSSR count). The van der Waals surface area contributed by atoms with E-state index >= 15 is 0 Å². The minimum Gasteiger partial charge on any atom is -0.455 e. The van der Waals surface area contributed by atoms with Gasteiger partial charge in [-0.15, -0.1) is 0 Å². The van der Waals surface area contributed by atoms with E-state index in [0.717, 1.165) is 0 Å². The quantitative estimate of drug-likeness (QED) is 0.217. The zero-order valence-electron chi connectivity index (χ0n) is 22.6. The van der Waals surface area contributed by atoms with Gasteiger partial charge < -0.3 is 4.42 Å². The molecule has 0 aliphatic heterocycles. The van der Waals surface area contributed by atoms with Crippen LogP contribution in [0.4, 0.5) is 26.3 Å². The number of nitrogens with zero attached hydrogens (tertiary/aromatic N) is 1. The van der Waals surface area contributed by atoms with Gasteiger partial charge in [-0.1, -0.05) is 39.0 Å². The minimum absolute atomic E-state index is 0.0959. The van der Waals surface area contributed by atoms with Crippen molar-refractivity contribution >= 4 is 21.9 Å². The molecule has 2 nitrogen and oxygen atoms in total. The van der Waals surface area contributed by atoms with Crippen LogP contribution in [0, 0.1) is 5.41 Å². The van der Waals surface area contributed by atoms with Crippen molar-refractivity contribution in [3.63, 3.8) is 0 Å². The first-order valence-electron chi connectivity index (χ1n) is 12.7. The Morgan fingerprint density at radius 2 is 1.45 bits per heavy atom. The summed E-state index contributed by atoms with van der Waals surface area (Å²) in [6.07, 6.45) is -10.1. The third-order valence-electron chi connectivity index (χ3n) is 5.98. The van der Waals surface area contributed by atoms with Crippen LogP contribution in [0.15, 0.2) is 77.3 Å². The summed E-state index contributed by atoms with van der Waals surface area (Å²) in [5, 5.41) is 1.29. The number of fused-ring (bicyclic) bond motifs is 3. The standard InChI is InChI=1S/C30H23F6NO/c1-28(2,3)16-17-9-10-37-25(11-17)24-6-4-5-23-22-8-7-18(14-26(22)38-27(23)24)19-12-20(29(31,32)33)15-21(13-19)30(34,35)36/h4-15H,16H2,1-3H3/i16D2. The van der Waals surface area contributed by atoms with Crippen LogP contribution in [0.1, 0.15) is 40.2 Å². The lowest BCUT2D eigenvalue weighted by molar-refractivity contribution is -0.143. The maximum Gasteiger partial charge on any atom is 0.416 e. The lowest BCUT2D eigenvalue weighted by atomic mass is 9.88. The van der Waals surface area contributed by atoms with Gasteiger partial charge in [0.15, 0.2) is 0 Å². The molecule has 0 unspecified atom stereocenters. The second-order valence-corrected chi connectivity index (χ2v) is 10.1. The smallest absolute Gasteiger partial charge is 0.416 e. The zero-order valence-corrected chi connectivity index (χ0v) is 20.6. The van der Waals surface area contributed by atoms with Gasteiger partial charge in [-0.05, 0) is 77.0 Å². The van der Waals surface area contributed by atoms with Crippen LogP contribution in [-0.4, -0.2) is 4.98 Å². The number of para-hydroxylation sites is 1. The van der Waals surface area contributed by atoms with Crippen LogP contribution < -0.4 is 0 Å². The summed E-state index contributed by atoms with van der Waals surface area (Å²) in [7, 11) is 0. The van der Waals surface area contributed by atoms with E-state index in [9.17, 15) is 26.3 Å². The average molecular weight is 530 g/mol. The molecule has 0 aliphatic carbocycles. The van der Waals surface area contributed by atoms with Crippen LogP contribution in [0.25, 0.3) is 44.3 Å². The second-order valence-electron chi connectivity index (χ2n) is 10.1. The van der Waals surface area contributed by atoms with Gasteiger partial charge in [0, 0.05) is 25.3 Å². The van der Waals surface area contributed by atoms with Gasteiger partial charge in [0.2, 0.25) is 0 Å². The third-order valence-corrected chi connectivity index (χ3v) is 5.98. The predicted molar refractivity (Wildman–Crippen MR) is 136 cm³/mol. The fraction of sp³-hybridized carbons (Fsp3) is 0.233. The SMILES string of the molecule is [2H]C([2H])(c1ccnc(-c2cccc3c2oc2cc(-c4cc(C(F)(F)F)cc(C(F)(F)F)c4)ccc23)c1)C(C)(C)C. The Kier molecular flexibility index (Phi) is 5.46. The van der Waals surface area contributed by atoms with Crippen LogP contribution in [0.2, 0.25) is 0 Å². The number of rotatable bonds is 3. The van der Waals surface area contributed by atoms with Crippen LogP contribution in [-0.2, 0) is 18.7 Å². The van der Waals surface area contributed by atoms with E-state index in [1.54, 1.807) is 57.2 Å². The Morgan fingerprint density at radius 1 is 0.763 bits per heavy atom. The number of hydrogen-bond donors (Lipinski definition) is 0.